The third-order valence-corrected chi connectivity index (χ3v) is 4.59. The van der Waals surface area contributed by atoms with Crippen LogP contribution in [0.5, 0.6) is 0 Å². The van der Waals surface area contributed by atoms with Crippen molar-refractivity contribution in [2.45, 2.75) is 26.1 Å². The molecule has 0 bridgehead atoms. The van der Waals surface area contributed by atoms with Crippen LogP contribution in [-0.4, -0.2) is 23.0 Å². The van der Waals surface area contributed by atoms with Gasteiger partial charge < -0.3 is 15.8 Å². The van der Waals surface area contributed by atoms with E-state index in [2.05, 4.69) is 15.3 Å². The Morgan fingerprint density at radius 2 is 2.09 bits per heavy atom. The van der Waals surface area contributed by atoms with Crippen LogP contribution in [-0.2, 0) is 17.8 Å². The summed E-state index contributed by atoms with van der Waals surface area (Å²) in [6.45, 7) is 2.66. The number of halogens is 2. The Hall–Kier alpha value is -0.770. The maximum Gasteiger partial charge on any atom is 0.271 e. The summed E-state index contributed by atoms with van der Waals surface area (Å²) in [6, 6.07) is 0. The van der Waals surface area contributed by atoms with Gasteiger partial charge in [-0.05, 0) is 6.92 Å². The zero-order valence-corrected chi connectivity index (χ0v) is 15.3. The van der Waals surface area contributed by atoms with Gasteiger partial charge in [-0.1, -0.05) is 0 Å². The fraction of sp³-hybridized carbons (Fsp3) is 0.417. The molecule has 3 N–H and O–H groups in total. The van der Waals surface area contributed by atoms with E-state index in [-0.39, 0.29) is 36.8 Å². The average molecular weight is 385 g/mol. The Morgan fingerprint density at radius 3 is 2.68 bits per heavy atom. The molecule has 1 unspecified atom stereocenters. The number of methoxy groups -OCH3 is 1. The lowest BCUT2D eigenvalue weighted by Crippen LogP contribution is -2.23. The predicted molar refractivity (Wildman–Crippen MR) is 93.2 cm³/mol. The molecule has 0 aliphatic heterocycles. The summed E-state index contributed by atoms with van der Waals surface area (Å²) in [5.74, 6) is -0.213. The lowest BCUT2D eigenvalue weighted by Gasteiger charge is -2.04. The van der Waals surface area contributed by atoms with Gasteiger partial charge in [0.15, 0.2) is 0 Å². The maximum atomic E-state index is 11.9. The first-order valence-electron chi connectivity index (χ1n) is 6.03. The molecule has 22 heavy (non-hydrogen) atoms. The van der Waals surface area contributed by atoms with Crippen LogP contribution in [0.15, 0.2) is 10.8 Å². The van der Waals surface area contributed by atoms with Gasteiger partial charge in [-0.2, -0.15) is 0 Å². The number of nitrogens with one attached hydrogen (secondary N) is 1. The van der Waals surface area contributed by atoms with Crippen LogP contribution in [0.1, 0.15) is 39.2 Å². The summed E-state index contributed by atoms with van der Waals surface area (Å²) in [7, 11) is 1.64. The third kappa shape index (κ3) is 5.45. The van der Waals surface area contributed by atoms with Crippen molar-refractivity contribution < 1.29 is 9.53 Å². The van der Waals surface area contributed by atoms with E-state index in [1.54, 1.807) is 12.5 Å². The van der Waals surface area contributed by atoms with Gasteiger partial charge in [-0.25, -0.2) is 9.97 Å². The number of ether oxygens (including phenoxy) is 1. The molecule has 6 nitrogen and oxygen atoms in total. The molecule has 0 saturated carbocycles. The van der Waals surface area contributed by atoms with Crippen molar-refractivity contribution in [3.63, 3.8) is 0 Å². The SMILES string of the molecule is COC(C)c1nc(CNC(=O)c2csc(CN)n2)cs1.Cl.Cl. The number of amides is 1. The average Bonchev–Trinajstić information content (AvgIpc) is 3.12. The number of hydrogen-bond acceptors (Lipinski definition) is 7. The number of carbonyl (C=O) groups is 1. The van der Waals surface area contributed by atoms with Crippen molar-refractivity contribution >= 4 is 53.4 Å². The third-order valence-electron chi connectivity index (χ3n) is 2.66. The number of aromatic nitrogens is 2. The molecular weight excluding hydrogens is 367 g/mol. The Kier molecular flexibility index (Phi) is 9.74. The molecule has 2 heterocycles. The minimum absolute atomic E-state index is 0. The summed E-state index contributed by atoms with van der Waals surface area (Å²) in [4.78, 5) is 20.4. The molecule has 0 radical (unpaired) electrons. The number of carbonyl (C=O) groups excluding carboxylic acids is 1. The lowest BCUT2D eigenvalue weighted by molar-refractivity contribution is 0.0946. The zero-order chi connectivity index (χ0) is 14.5. The smallest absolute Gasteiger partial charge is 0.271 e. The van der Waals surface area contributed by atoms with E-state index < -0.39 is 0 Å². The number of nitrogens with zero attached hydrogens (tertiary/aromatic N) is 2. The van der Waals surface area contributed by atoms with Gasteiger partial charge in [0.05, 0.1) is 12.2 Å². The van der Waals surface area contributed by atoms with Gasteiger partial charge in [0.1, 0.15) is 21.8 Å². The van der Waals surface area contributed by atoms with E-state index in [1.807, 2.05) is 12.3 Å². The van der Waals surface area contributed by atoms with Crippen LogP contribution in [0.2, 0.25) is 0 Å². The molecule has 0 aromatic carbocycles. The van der Waals surface area contributed by atoms with Crippen molar-refractivity contribution in [3.8, 4) is 0 Å². The molecule has 2 aromatic rings. The molecule has 0 aliphatic carbocycles. The molecule has 0 aliphatic rings. The maximum absolute atomic E-state index is 11.9. The second-order valence-corrected chi connectivity index (χ2v) is 5.90. The molecule has 1 amide bonds. The molecule has 0 fully saturated rings. The summed E-state index contributed by atoms with van der Waals surface area (Å²) in [5, 5.41) is 8.06. The fourth-order valence-electron chi connectivity index (χ4n) is 1.46. The highest BCUT2D eigenvalue weighted by atomic mass is 35.5. The van der Waals surface area contributed by atoms with Crippen molar-refractivity contribution in [2.24, 2.45) is 5.73 Å². The van der Waals surface area contributed by atoms with Gasteiger partial charge >= 0.3 is 0 Å². The van der Waals surface area contributed by atoms with E-state index in [9.17, 15) is 4.79 Å². The Labute approximate surface area is 149 Å². The van der Waals surface area contributed by atoms with Crippen LogP contribution in [0.3, 0.4) is 0 Å². The highest BCUT2D eigenvalue weighted by Gasteiger charge is 2.12. The van der Waals surface area contributed by atoms with Crippen LogP contribution in [0.25, 0.3) is 0 Å². The molecule has 0 saturated heterocycles. The summed E-state index contributed by atoms with van der Waals surface area (Å²) in [5.41, 5.74) is 6.68. The first kappa shape index (κ1) is 21.2. The molecule has 2 rings (SSSR count). The van der Waals surface area contributed by atoms with E-state index in [1.165, 1.54) is 22.7 Å². The number of thiazole rings is 2. The van der Waals surface area contributed by atoms with E-state index >= 15 is 0 Å². The topological polar surface area (TPSA) is 90.1 Å². The van der Waals surface area contributed by atoms with Crippen LogP contribution < -0.4 is 11.1 Å². The van der Waals surface area contributed by atoms with Crippen molar-refractivity contribution in [2.75, 3.05) is 7.11 Å². The highest BCUT2D eigenvalue weighted by Crippen LogP contribution is 2.20. The number of hydrogen-bond donors (Lipinski definition) is 2. The monoisotopic (exact) mass is 384 g/mol. The normalized spacial score (nSPS) is 11.2. The van der Waals surface area contributed by atoms with E-state index in [0.29, 0.717) is 18.8 Å². The lowest BCUT2D eigenvalue weighted by atomic mass is 10.4. The summed E-state index contributed by atoms with van der Waals surface area (Å²) >= 11 is 2.90. The molecule has 124 valence electrons. The van der Waals surface area contributed by atoms with Gasteiger partial charge in [0.25, 0.3) is 5.91 Å². The van der Waals surface area contributed by atoms with Gasteiger partial charge in [0.2, 0.25) is 0 Å². The van der Waals surface area contributed by atoms with Gasteiger partial charge in [0, 0.05) is 24.4 Å². The Morgan fingerprint density at radius 1 is 1.36 bits per heavy atom. The number of nitrogens with two attached hydrogens (primary N) is 1. The minimum atomic E-state index is -0.213. The van der Waals surface area contributed by atoms with E-state index in [4.69, 9.17) is 10.5 Å². The quantitative estimate of drug-likeness (QED) is 0.798. The first-order chi connectivity index (χ1) is 9.63. The van der Waals surface area contributed by atoms with Crippen molar-refractivity contribution in [1.82, 2.24) is 15.3 Å². The van der Waals surface area contributed by atoms with Gasteiger partial charge in [-0.15, -0.1) is 47.5 Å². The highest BCUT2D eigenvalue weighted by molar-refractivity contribution is 7.10. The van der Waals surface area contributed by atoms with E-state index in [0.717, 1.165) is 15.7 Å². The molecule has 1 atom stereocenters. The minimum Gasteiger partial charge on any atom is -0.375 e. The zero-order valence-electron chi connectivity index (χ0n) is 12.1. The predicted octanol–water partition coefficient (Wildman–Crippen LogP) is 2.54. The Bertz CT molecular complexity index is 591. The summed E-state index contributed by atoms with van der Waals surface area (Å²) < 4.78 is 5.20. The van der Waals surface area contributed by atoms with Crippen molar-refractivity contribution in [3.05, 3.63) is 32.2 Å². The molecule has 2 aromatic heterocycles. The first-order valence-corrected chi connectivity index (χ1v) is 7.79. The molecule has 10 heteroatoms. The molecular formula is C12H18Cl2N4O2S2. The standard InChI is InChI=1S/C12H16N4O2S2.2ClH/c1-7(18-2)12-15-8(5-20-12)4-14-11(17)9-6-19-10(3-13)16-9;;/h5-7H,3-4,13H2,1-2H3,(H,14,17);2*1H. The van der Waals surface area contributed by atoms with Crippen molar-refractivity contribution in [1.29, 1.82) is 0 Å². The largest absolute Gasteiger partial charge is 0.375 e. The second-order valence-electron chi connectivity index (χ2n) is 4.07. The van der Waals surface area contributed by atoms with Gasteiger partial charge in [-0.3, -0.25) is 4.79 Å². The Balaban J connectivity index is 0.00000220. The summed E-state index contributed by atoms with van der Waals surface area (Å²) in [6.07, 6.45) is -0.0323. The van der Waals surface area contributed by atoms with Crippen LogP contribution >= 0.6 is 47.5 Å². The fourth-order valence-corrected chi connectivity index (χ4v) is 2.97. The second kappa shape index (κ2) is 10.1. The van der Waals surface area contributed by atoms with Crippen LogP contribution in [0.4, 0.5) is 0 Å². The molecule has 0 spiro atoms. The van der Waals surface area contributed by atoms with Crippen LogP contribution in [0, 0.1) is 0 Å². The number of rotatable bonds is 6.